The van der Waals surface area contributed by atoms with Crippen molar-refractivity contribution in [3.63, 3.8) is 0 Å². The van der Waals surface area contributed by atoms with Crippen LogP contribution in [0.1, 0.15) is 19.4 Å². The zero-order valence-electron chi connectivity index (χ0n) is 15.0. The molecule has 0 saturated carbocycles. The molecule has 0 bridgehead atoms. The van der Waals surface area contributed by atoms with Crippen LogP contribution in [0.2, 0.25) is 0 Å². The van der Waals surface area contributed by atoms with E-state index in [1.54, 1.807) is 7.11 Å². The van der Waals surface area contributed by atoms with Gasteiger partial charge in [-0.2, -0.15) is 4.33 Å². The summed E-state index contributed by atoms with van der Waals surface area (Å²) in [6.45, 7) is 4.25. The molecule has 136 valence electrons. The molecule has 0 aliphatic carbocycles. The molecule has 1 spiro atoms. The van der Waals surface area contributed by atoms with Crippen LogP contribution in [0.15, 0.2) is 46.3 Å². The fourth-order valence-corrected chi connectivity index (χ4v) is 4.17. The van der Waals surface area contributed by atoms with E-state index < -0.39 is 11.1 Å². The first-order valence-electron chi connectivity index (χ1n) is 8.21. The molecule has 0 fully saturated rings. The first-order chi connectivity index (χ1) is 12.4. The van der Waals surface area contributed by atoms with Crippen molar-refractivity contribution >= 4 is 29.6 Å². The molecule has 2 aromatic carbocycles. The zero-order chi connectivity index (χ0) is 18.5. The molecule has 1 unspecified atom stereocenters. The lowest BCUT2D eigenvalue weighted by Gasteiger charge is -2.44. The summed E-state index contributed by atoms with van der Waals surface area (Å²) in [5, 5.41) is 8.75. The van der Waals surface area contributed by atoms with Crippen molar-refractivity contribution < 1.29 is 19.1 Å². The van der Waals surface area contributed by atoms with Crippen LogP contribution in [0.3, 0.4) is 0 Å². The minimum atomic E-state index is -0.766. The van der Waals surface area contributed by atoms with Gasteiger partial charge in [0.15, 0.2) is 5.75 Å². The van der Waals surface area contributed by atoms with Crippen LogP contribution in [-0.2, 0) is 9.75 Å². The second-order valence-electron chi connectivity index (χ2n) is 6.91. The van der Waals surface area contributed by atoms with Crippen LogP contribution in [0.5, 0.6) is 11.5 Å². The predicted octanol–water partition coefficient (Wildman–Crippen LogP) is 4.41. The lowest BCUT2D eigenvalue weighted by Crippen LogP contribution is -2.61. The van der Waals surface area contributed by atoms with Gasteiger partial charge in [-0.15, -0.1) is 0 Å². The molecule has 4 rings (SSSR count). The van der Waals surface area contributed by atoms with Gasteiger partial charge in [0.2, 0.25) is 5.72 Å². The van der Waals surface area contributed by atoms with Crippen molar-refractivity contribution in [2.24, 2.45) is 4.99 Å². The number of methoxy groups -OCH3 is 1. The summed E-state index contributed by atoms with van der Waals surface area (Å²) in [7, 11) is 3.63. The third-order valence-corrected chi connectivity index (χ3v) is 5.86. The highest BCUT2D eigenvalue weighted by Crippen LogP contribution is 2.54. The SMILES string of the molecule is COc1ccc2c(c1)OC1(C=N2)N(C)c2ccc(SOO)cc2C1(C)C. The third kappa shape index (κ3) is 2.24. The Kier molecular flexibility index (Phi) is 3.91. The van der Waals surface area contributed by atoms with Gasteiger partial charge in [-0.05, 0) is 49.7 Å². The van der Waals surface area contributed by atoms with Crippen molar-refractivity contribution in [1.82, 2.24) is 0 Å². The van der Waals surface area contributed by atoms with Crippen molar-refractivity contribution in [2.75, 3.05) is 19.1 Å². The predicted molar refractivity (Wildman–Crippen MR) is 102 cm³/mol. The van der Waals surface area contributed by atoms with Gasteiger partial charge in [0.05, 0.1) is 30.8 Å². The van der Waals surface area contributed by atoms with Crippen LogP contribution < -0.4 is 14.4 Å². The first-order valence-corrected chi connectivity index (χ1v) is 8.96. The molecule has 0 aromatic heterocycles. The summed E-state index contributed by atoms with van der Waals surface area (Å²) in [6.07, 6.45) is 1.87. The van der Waals surface area contributed by atoms with Crippen molar-refractivity contribution in [1.29, 1.82) is 0 Å². The monoisotopic (exact) mass is 372 g/mol. The number of fused-ring (bicyclic) bond motifs is 2. The first kappa shape index (κ1) is 17.2. The Balaban J connectivity index is 1.82. The van der Waals surface area contributed by atoms with Crippen LogP contribution in [0.4, 0.5) is 11.4 Å². The molecule has 0 radical (unpaired) electrons. The van der Waals surface area contributed by atoms with Crippen molar-refractivity contribution in [3.8, 4) is 11.5 Å². The molecule has 6 nitrogen and oxygen atoms in total. The van der Waals surface area contributed by atoms with Crippen molar-refractivity contribution in [3.05, 3.63) is 42.0 Å². The maximum atomic E-state index is 8.75. The largest absolute Gasteiger partial charge is 0.497 e. The molecular formula is C19H20N2O4S. The Morgan fingerprint density at radius 3 is 2.73 bits per heavy atom. The standard InChI is InChI=1S/C19H20N2O4S/c1-18(2)14-10-13(26-25-22)6-8-16(14)21(3)19(18)11-20-15-7-5-12(23-4)9-17(15)24-19/h5-11,22H,1-4H3. The molecule has 1 atom stereocenters. The van der Waals surface area contributed by atoms with Crippen LogP contribution >= 0.6 is 12.0 Å². The van der Waals surface area contributed by atoms with Crippen LogP contribution in [-0.4, -0.2) is 31.4 Å². The quantitative estimate of drug-likeness (QED) is 0.489. The topological polar surface area (TPSA) is 63.5 Å². The Labute approximate surface area is 156 Å². The number of likely N-dealkylation sites (N-methyl/N-ethyl adjacent to an activating group) is 1. The highest BCUT2D eigenvalue weighted by atomic mass is 32.2. The number of benzene rings is 2. The minimum absolute atomic E-state index is 0.395. The molecule has 2 aromatic rings. The Bertz CT molecular complexity index is 899. The molecule has 0 amide bonds. The maximum absolute atomic E-state index is 8.75. The molecule has 2 aliphatic rings. The van der Waals surface area contributed by atoms with E-state index in [9.17, 15) is 0 Å². The van der Waals surface area contributed by atoms with E-state index in [0.717, 1.165) is 39.6 Å². The Morgan fingerprint density at radius 2 is 2.00 bits per heavy atom. The molecule has 2 aliphatic heterocycles. The minimum Gasteiger partial charge on any atom is -0.497 e. The number of nitrogens with zero attached hydrogens (tertiary/aromatic N) is 2. The highest BCUT2D eigenvalue weighted by molar-refractivity contribution is 7.94. The average molecular weight is 372 g/mol. The van der Waals surface area contributed by atoms with Gasteiger partial charge < -0.3 is 14.4 Å². The number of anilines is 1. The number of ether oxygens (including phenoxy) is 2. The number of rotatable bonds is 3. The fourth-order valence-electron chi connectivity index (χ4n) is 3.80. The van der Waals surface area contributed by atoms with E-state index in [2.05, 4.69) is 28.1 Å². The lowest BCUT2D eigenvalue weighted by atomic mass is 9.77. The molecule has 1 N–H and O–H groups in total. The number of hydrogen-bond donors (Lipinski definition) is 1. The summed E-state index contributed by atoms with van der Waals surface area (Å²) in [5.74, 6) is 1.42. The van der Waals surface area contributed by atoms with Gasteiger partial charge in [-0.1, -0.05) is 0 Å². The molecule has 0 saturated heterocycles. The molecule has 2 heterocycles. The second-order valence-corrected chi connectivity index (χ2v) is 7.70. The van der Waals surface area contributed by atoms with E-state index in [4.69, 9.17) is 14.7 Å². The summed E-state index contributed by atoms with van der Waals surface area (Å²) >= 11 is 0.918. The third-order valence-electron chi connectivity index (χ3n) is 5.34. The van der Waals surface area contributed by atoms with E-state index >= 15 is 0 Å². The Hall–Kier alpha value is -2.22. The van der Waals surface area contributed by atoms with Gasteiger partial charge in [0.1, 0.15) is 11.4 Å². The number of aliphatic imine (C=N–C) groups is 1. The van der Waals surface area contributed by atoms with Gasteiger partial charge in [-0.3, -0.25) is 4.99 Å². The zero-order valence-corrected chi connectivity index (χ0v) is 15.8. The molecular weight excluding hydrogens is 352 g/mol. The highest BCUT2D eigenvalue weighted by Gasteiger charge is 2.58. The second kappa shape index (κ2) is 5.90. The van der Waals surface area contributed by atoms with Crippen molar-refractivity contribution in [2.45, 2.75) is 29.9 Å². The van der Waals surface area contributed by atoms with E-state index in [1.807, 2.05) is 49.7 Å². The number of hydrogen-bond acceptors (Lipinski definition) is 7. The van der Waals surface area contributed by atoms with Crippen LogP contribution in [0, 0.1) is 0 Å². The van der Waals surface area contributed by atoms with Gasteiger partial charge >= 0.3 is 0 Å². The van der Waals surface area contributed by atoms with Gasteiger partial charge in [0.25, 0.3) is 0 Å². The summed E-state index contributed by atoms with van der Waals surface area (Å²) < 4.78 is 16.1. The smallest absolute Gasteiger partial charge is 0.228 e. The maximum Gasteiger partial charge on any atom is 0.228 e. The van der Waals surface area contributed by atoms with E-state index in [0.29, 0.717) is 5.75 Å². The van der Waals surface area contributed by atoms with E-state index in [1.165, 1.54) is 0 Å². The lowest BCUT2D eigenvalue weighted by molar-refractivity contribution is -0.116. The Morgan fingerprint density at radius 1 is 1.19 bits per heavy atom. The van der Waals surface area contributed by atoms with Gasteiger partial charge in [-0.25, -0.2) is 5.26 Å². The fraction of sp³-hybridized carbons (Fsp3) is 0.316. The normalized spacial score (nSPS) is 22.1. The molecule has 26 heavy (non-hydrogen) atoms. The van der Waals surface area contributed by atoms with Gasteiger partial charge in [0, 0.05) is 23.7 Å². The van der Waals surface area contributed by atoms with Crippen LogP contribution in [0.25, 0.3) is 0 Å². The van der Waals surface area contributed by atoms with E-state index in [-0.39, 0.29) is 0 Å². The summed E-state index contributed by atoms with van der Waals surface area (Å²) in [6, 6.07) is 11.5. The average Bonchev–Trinajstić information content (AvgIpc) is 2.80. The molecule has 7 heteroatoms. The summed E-state index contributed by atoms with van der Waals surface area (Å²) in [4.78, 5) is 7.59. The summed E-state index contributed by atoms with van der Waals surface area (Å²) in [5.41, 5.74) is 1.77.